The molecule has 4 aromatic rings. The van der Waals surface area contributed by atoms with Gasteiger partial charge in [0.1, 0.15) is 17.3 Å². The molecule has 50 heavy (non-hydrogen) atoms. The van der Waals surface area contributed by atoms with E-state index >= 15 is 0 Å². The van der Waals surface area contributed by atoms with Crippen molar-refractivity contribution < 1.29 is 35.1 Å². The molecule has 15 heteroatoms. The smallest absolute Gasteiger partial charge is 0.327 e. The van der Waals surface area contributed by atoms with Gasteiger partial charge < -0.3 is 30.0 Å². The molecule has 268 valence electrons. The third-order valence-corrected chi connectivity index (χ3v) is 9.11. The molecule has 1 unspecified atom stereocenters. The Hall–Kier alpha value is -5.31. The molecule has 0 aliphatic carbocycles. The van der Waals surface area contributed by atoms with Crippen LogP contribution in [0.1, 0.15) is 40.9 Å². The number of hydrogen-bond acceptors (Lipinski definition) is 8. The maximum Gasteiger partial charge on any atom is 0.327 e. The van der Waals surface area contributed by atoms with Crippen molar-refractivity contribution in [1.29, 1.82) is 0 Å². The van der Waals surface area contributed by atoms with Crippen LogP contribution >= 0.6 is 0 Å². The van der Waals surface area contributed by atoms with E-state index < -0.39 is 35.1 Å². The topological polar surface area (TPSA) is 121 Å². The number of nitrogens with zero attached hydrogens (tertiary/aromatic N) is 5. The predicted octanol–water partition coefficient (Wildman–Crippen LogP) is 5.05. The van der Waals surface area contributed by atoms with Crippen LogP contribution in [-0.2, 0) is 4.79 Å². The van der Waals surface area contributed by atoms with E-state index in [1.807, 2.05) is 0 Å². The zero-order valence-electron chi connectivity index (χ0n) is 27.9. The molecule has 2 N–H and O–H groups in total. The number of halogens is 3. The molecule has 2 aliphatic heterocycles. The lowest BCUT2D eigenvalue weighted by Gasteiger charge is -2.39. The number of fused-ring (bicyclic) bond motifs is 1. The van der Waals surface area contributed by atoms with Crippen LogP contribution in [0.2, 0.25) is 0 Å². The van der Waals surface area contributed by atoms with Gasteiger partial charge in [0.25, 0.3) is 5.56 Å². The van der Waals surface area contributed by atoms with E-state index in [1.165, 1.54) is 48.1 Å². The zero-order valence-corrected chi connectivity index (χ0v) is 27.9. The van der Waals surface area contributed by atoms with Gasteiger partial charge in [-0.1, -0.05) is 0 Å². The van der Waals surface area contributed by atoms with Gasteiger partial charge in [-0.2, -0.15) is 0 Å². The molecule has 2 atom stereocenters. The van der Waals surface area contributed by atoms with Crippen LogP contribution < -0.4 is 35.6 Å². The summed E-state index contributed by atoms with van der Waals surface area (Å²) in [5.74, 6) is -2.14. The molecule has 0 saturated carbocycles. The highest BCUT2D eigenvalue weighted by atomic mass is 19.2. The number of aromatic nitrogens is 2. The molecular weight excluding hydrogens is 655 g/mol. The van der Waals surface area contributed by atoms with Crippen LogP contribution in [0.3, 0.4) is 0 Å². The van der Waals surface area contributed by atoms with Gasteiger partial charge in [-0.05, 0) is 68.8 Å². The van der Waals surface area contributed by atoms with E-state index in [4.69, 9.17) is 9.47 Å². The van der Waals surface area contributed by atoms with E-state index in [1.54, 1.807) is 35.0 Å². The first kappa shape index (κ1) is 34.5. The number of methoxy groups -OCH3 is 2. The summed E-state index contributed by atoms with van der Waals surface area (Å²) in [6.07, 6.45) is 2.34. The van der Waals surface area contributed by atoms with Gasteiger partial charge >= 0.3 is 6.03 Å². The van der Waals surface area contributed by atoms with Crippen LogP contribution in [0.15, 0.2) is 59.4 Å². The number of urea groups is 1. The number of carbonyl (C=O) groups is 2. The van der Waals surface area contributed by atoms with Crippen molar-refractivity contribution in [1.82, 2.24) is 19.9 Å². The SMILES string of the molecule is COc1ccc(N(C(=O)Nc2ccc(F)cc2)C(C)c2nc3cc(F)c(F)cc3c(=O)n2N2CCN(C(=O)C[C@@H]3CCCN3)CC2)c(OC)c1.[HH].[HH]. The number of ether oxygens (including phenoxy) is 2. The zero-order chi connectivity index (χ0) is 35.5. The average Bonchev–Trinajstić information content (AvgIpc) is 3.63. The Bertz CT molecular complexity index is 1960. The van der Waals surface area contributed by atoms with Crippen molar-refractivity contribution in [3.8, 4) is 11.5 Å². The molecule has 1 aromatic heterocycles. The summed E-state index contributed by atoms with van der Waals surface area (Å²) >= 11 is 0. The molecule has 3 aromatic carbocycles. The Kier molecular flexibility index (Phi) is 10.1. The minimum Gasteiger partial charge on any atom is -0.497 e. The molecule has 2 fully saturated rings. The van der Waals surface area contributed by atoms with Gasteiger partial charge in [-0.3, -0.25) is 14.5 Å². The minimum absolute atomic E-state index is 0. The first-order chi connectivity index (χ1) is 24.1. The molecule has 0 bridgehead atoms. The quantitative estimate of drug-likeness (QED) is 0.250. The van der Waals surface area contributed by atoms with Crippen molar-refractivity contribution in [2.45, 2.75) is 38.3 Å². The summed E-state index contributed by atoms with van der Waals surface area (Å²) in [4.78, 5) is 49.2. The number of carbonyl (C=O) groups excluding carboxylic acids is 2. The fraction of sp³-hybridized carbons (Fsp3) is 0.371. The van der Waals surface area contributed by atoms with Gasteiger partial charge in [0, 0.05) is 46.2 Å². The monoisotopic (exact) mass is 697 g/mol. The van der Waals surface area contributed by atoms with E-state index in [-0.39, 0.29) is 61.7 Å². The maximum atomic E-state index is 14.5. The molecule has 0 radical (unpaired) electrons. The van der Waals surface area contributed by atoms with Crippen molar-refractivity contribution in [2.24, 2.45) is 0 Å². The largest absolute Gasteiger partial charge is 0.497 e. The Morgan fingerprint density at radius 3 is 2.40 bits per heavy atom. The first-order valence-electron chi connectivity index (χ1n) is 16.3. The number of piperazine rings is 1. The molecular formula is C35H42F3N7O5. The fourth-order valence-electron chi connectivity index (χ4n) is 6.46. The highest BCUT2D eigenvalue weighted by molar-refractivity contribution is 6.03. The number of rotatable bonds is 9. The summed E-state index contributed by atoms with van der Waals surface area (Å²) in [6.45, 7) is 3.59. The summed E-state index contributed by atoms with van der Waals surface area (Å²) < 4.78 is 55.0. The second kappa shape index (κ2) is 14.7. The Morgan fingerprint density at radius 2 is 1.74 bits per heavy atom. The molecule has 2 aliphatic rings. The van der Waals surface area contributed by atoms with Gasteiger partial charge in [-0.25, -0.2) is 27.6 Å². The van der Waals surface area contributed by atoms with Crippen LogP contribution in [0, 0.1) is 17.5 Å². The van der Waals surface area contributed by atoms with Gasteiger partial charge in [0.2, 0.25) is 5.91 Å². The standard InChI is InChI=1S/C35H38F3N7O5.2H2/c1-21(44(30-11-10-25(49-2)18-31(30)50-3)35(48)40-23-8-6-22(36)7-9-23)33-41-29-20-28(38)27(37)19-26(29)34(47)45(33)43-15-13-42(14-16-43)32(46)17-24-5-4-12-39-24;;/h6-11,18-21,24,39H,4-5,12-17H2,1-3H3,(H,40,48);2*1H/t21?,24-;;/m0../s1. The number of anilines is 2. The maximum absolute atomic E-state index is 14.5. The van der Waals surface area contributed by atoms with E-state index in [0.717, 1.165) is 31.5 Å². The Balaban J connectivity index is 0.00000302. The number of benzene rings is 3. The van der Waals surface area contributed by atoms with Crippen LogP contribution in [0.25, 0.3) is 10.9 Å². The lowest BCUT2D eigenvalue weighted by atomic mass is 10.1. The van der Waals surface area contributed by atoms with E-state index in [2.05, 4.69) is 15.6 Å². The molecule has 3 heterocycles. The third-order valence-electron chi connectivity index (χ3n) is 9.11. The highest BCUT2D eigenvalue weighted by Gasteiger charge is 2.33. The molecule has 12 nitrogen and oxygen atoms in total. The van der Waals surface area contributed by atoms with Crippen molar-refractivity contribution in [3.63, 3.8) is 0 Å². The number of nitrogens with one attached hydrogen (secondary N) is 2. The highest BCUT2D eigenvalue weighted by Crippen LogP contribution is 2.37. The molecule has 0 spiro atoms. The van der Waals surface area contributed by atoms with Gasteiger partial charge in [0.05, 0.1) is 49.9 Å². The van der Waals surface area contributed by atoms with E-state index in [9.17, 15) is 27.6 Å². The molecule has 3 amide bonds. The summed E-state index contributed by atoms with van der Waals surface area (Å²) in [5, 5.41) is 7.64. The fourth-order valence-corrected chi connectivity index (χ4v) is 6.46. The van der Waals surface area contributed by atoms with Crippen molar-refractivity contribution >= 4 is 34.2 Å². The summed E-state index contributed by atoms with van der Waals surface area (Å²) in [6, 6.07) is 10.0. The van der Waals surface area contributed by atoms with Gasteiger partial charge in [-0.15, -0.1) is 0 Å². The van der Waals surface area contributed by atoms with Crippen LogP contribution in [0.5, 0.6) is 11.5 Å². The van der Waals surface area contributed by atoms with Crippen LogP contribution in [-0.4, -0.2) is 79.5 Å². The third kappa shape index (κ3) is 7.04. The second-order valence-corrected chi connectivity index (χ2v) is 12.2. The summed E-state index contributed by atoms with van der Waals surface area (Å²) in [5.41, 5.74) is -0.227. The van der Waals surface area contributed by atoms with E-state index in [0.29, 0.717) is 25.3 Å². The predicted molar refractivity (Wildman–Crippen MR) is 186 cm³/mol. The van der Waals surface area contributed by atoms with Crippen molar-refractivity contribution in [3.05, 3.63) is 88.2 Å². The lowest BCUT2D eigenvalue weighted by Crippen LogP contribution is -2.57. The Labute approximate surface area is 289 Å². The molecule has 2 saturated heterocycles. The number of hydrogen-bond donors (Lipinski definition) is 2. The van der Waals surface area contributed by atoms with Crippen LogP contribution in [0.4, 0.5) is 29.3 Å². The normalized spacial score (nSPS) is 16.7. The lowest BCUT2D eigenvalue weighted by molar-refractivity contribution is -0.132. The molecule has 6 rings (SSSR count). The minimum atomic E-state index is -1.21. The summed E-state index contributed by atoms with van der Waals surface area (Å²) in [7, 11) is 2.90. The second-order valence-electron chi connectivity index (χ2n) is 12.2. The van der Waals surface area contributed by atoms with Gasteiger partial charge in [0.15, 0.2) is 17.5 Å². The van der Waals surface area contributed by atoms with Crippen molar-refractivity contribution in [2.75, 3.05) is 62.2 Å². The first-order valence-corrected chi connectivity index (χ1v) is 16.3. The average molecular weight is 698 g/mol. The number of amides is 3. The Morgan fingerprint density at radius 1 is 1.02 bits per heavy atom.